The number of hydrogen-bond donors (Lipinski definition) is 2. The molecule has 0 aromatic heterocycles. The van der Waals surface area contributed by atoms with Gasteiger partial charge < -0.3 is 29.3 Å². The number of aliphatic hydroxyl groups is 2. The van der Waals surface area contributed by atoms with E-state index in [0.29, 0.717) is 29.3 Å². The van der Waals surface area contributed by atoms with Gasteiger partial charge in [-0.3, -0.25) is 4.79 Å². The van der Waals surface area contributed by atoms with Crippen LogP contribution in [0.4, 0.5) is 5.69 Å². The third-order valence-electron chi connectivity index (χ3n) is 3.95. The molecule has 0 bridgehead atoms. The van der Waals surface area contributed by atoms with E-state index >= 15 is 0 Å². The molecule has 0 fully saturated rings. The highest BCUT2D eigenvalue weighted by Gasteiger charge is 2.36. The largest absolute Gasteiger partial charge is 0.494 e. The molecule has 132 valence electrons. The van der Waals surface area contributed by atoms with Crippen molar-refractivity contribution in [3.8, 4) is 11.5 Å². The third kappa shape index (κ3) is 2.99. The summed E-state index contributed by atoms with van der Waals surface area (Å²) in [6, 6.07) is 3.44. The summed E-state index contributed by atoms with van der Waals surface area (Å²) in [5.74, 6) is 0.176. The molecule has 1 aliphatic rings. The van der Waals surface area contributed by atoms with Gasteiger partial charge in [-0.05, 0) is 26.0 Å². The normalized spacial score (nSPS) is 16.7. The molecule has 0 spiro atoms. The van der Waals surface area contributed by atoms with Crippen molar-refractivity contribution in [2.24, 2.45) is 0 Å². The van der Waals surface area contributed by atoms with Crippen LogP contribution in [0.15, 0.2) is 23.6 Å². The number of rotatable bonds is 6. The lowest BCUT2D eigenvalue weighted by Crippen LogP contribution is -2.31. The van der Waals surface area contributed by atoms with Crippen LogP contribution in [0.1, 0.15) is 31.9 Å². The van der Waals surface area contributed by atoms with Crippen molar-refractivity contribution in [1.29, 1.82) is 0 Å². The van der Waals surface area contributed by atoms with E-state index in [1.54, 1.807) is 24.0 Å². The number of carbonyl (C=O) groups excluding carboxylic acids is 1. The second-order valence-electron chi connectivity index (χ2n) is 5.21. The fraction of sp³-hybridized carbons (Fsp3) is 0.471. The van der Waals surface area contributed by atoms with E-state index in [0.717, 1.165) is 0 Å². The van der Waals surface area contributed by atoms with Crippen molar-refractivity contribution in [2.75, 3.05) is 32.3 Å². The molecular formula is C17H23NO6. The SMILES string of the molecule is CCOC(=O)CC1=C(O)N(CC)c2ccc(OC)c(OC)c2C1O. The Morgan fingerprint density at radius 3 is 2.50 bits per heavy atom. The first-order chi connectivity index (χ1) is 11.5. The highest BCUT2D eigenvalue weighted by molar-refractivity contribution is 5.77. The average Bonchev–Trinajstić information content (AvgIpc) is 2.58. The molecule has 24 heavy (non-hydrogen) atoms. The Bertz CT molecular complexity index is 655. The van der Waals surface area contributed by atoms with Crippen LogP contribution in [0.5, 0.6) is 11.5 Å². The first-order valence-electron chi connectivity index (χ1n) is 7.78. The number of ether oxygens (including phenoxy) is 3. The van der Waals surface area contributed by atoms with Gasteiger partial charge in [0.25, 0.3) is 0 Å². The summed E-state index contributed by atoms with van der Waals surface area (Å²) in [5.41, 5.74) is 1.23. The van der Waals surface area contributed by atoms with E-state index in [-0.39, 0.29) is 24.5 Å². The predicted molar refractivity (Wildman–Crippen MR) is 88.4 cm³/mol. The number of hydrogen-bond acceptors (Lipinski definition) is 7. The highest BCUT2D eigenvalue weighted by atomic mass is 16.5. The molecule has 7 nitrogen and oxygen atoms in total. The van der Waals surface area contributed by atoms with Crippen molar-refractivity contribution in [2.45, 2.75) is 26.4 Å². The minimum absolute atomic E-state index is 0.141. The second-order valence-corrected chi connectivity index (χ2v) is 5.21. The van der Waals surface area contributed by atoms with Gasteiger partial charge in [-0.2, -0.15) is 0 Å². The zero-order valence-corrected chi connectivity index (χ0v) is 14.3. The van der Waals surface area contributed by atoms with Gasteiger partial charge in [0.15, 0.2) is 17.4 Å². The van der Waals surface area contributed by atoms with Gasteiger partial charge in [-0.15, -0.1) is 0 Å². The maximum atomic E-state index is 11.8. The van der Waals surface area contributed by atoms with Crippen LogP contribution in [0.2, 0.25) is 0 Å². The quantitative estimate of drug-likeness (QED) is 0.770. The number of esters is 1. The number of methoxy groups -OCH3 is 2. The Labute approximate surface area is 141 Å². The Kier molecular flexibility index (Phi) is 5.56. The molecule has 1 aliphatic heterocycles. The van der Waals surface area contributed by atoms with Gasteiger partial charge >= 0.3 is 5.97 Å². The number of carbonyl (C=O) groups is 1. The molecule has 0 saturated heterocycles. The smallest absolute Gasteiger partial charge is 0.310 e. The summed E-state index contributed by atoms with van der Waals surface area (Å²) >= 11 is 0. The fourth-order valence-electron chi connectivity index (χ4n) is 2.89. The summed E-state index contributed by atoms with van der Waals surface area (Å²) in [4.78, 5) is 13.4. The molecule has 7 heteroatoms. The summed E-state index contributed by atoms with van der Waals surface area (Å²) in [6.45, 7) is 4.24. The number of anilines is 1. The van der Waals surface area contributed by atoms with Crippen LogP contribution in [0.25, 0.3) is 0 Å². The van der Waals surface area contributed by atoms with E-state index < -0.39 is 12.1 Å². The zero-order valence-electron chi connectivity index (χ0n) is 14.3. The van der Waals surface area contributed by atoms with Crippen LogP contribution >= 0.6 is 0 Å². The molecule has 2 N–H and O–H groups in total. The maximum Gasteiger partial charge on any atom is 0.310 e. The van der Waals surface area contributed by atoms with Crippen LogP contribution in [0.3, 0.4) is 0 Å². The zero-order chi connectivity index (χ0) is 17.9. The molecule has 0 saturated carbocycles. The van der Waals surface area contributed by atoms with E-state index in [1.807, 2.05) is 6.92 Å². The molecule has 1 unspecified atom stereocenters. The Morgan fingerprint density at radius 1 is 1.25 bits per heavy atom. The number of fused-ring (bicyclic) bond motifs is 1. The van der Waals surface area contributed by atoms with Crippen molar-refractivity contribution in [3.05, 3.63) is 29.2 Å². The van der Waals surface area contributed by atoms with Crippen LogP contribution in [-0.4, -0.2) is 43.6 Å². The van der Waals surface area contributed by atoms with Crippen LogP contribution < -0.4 is 14.4 Å². The standard InChI is InChI=1S/C17H23NO6/c1-5-18-11-7-8-12(22-3)16(23-4)14(11)15(20)10(17(18)21)9-13(19)24-6-2/h7-8,15,20-21H,5-6,9H2,1-4H3. The highest BCUT2D eigenvalue weighted by Crippen LogP contribution is 2.48. The molecule has 2 rings (SSSR count). The molecule has 0 amide bonds. The second kappa shape index (κ2) is 7.44. The monoisotopic (exact) mass is 337 g/mol. The lowest BCUT2D eigenvalue weighted by molar-refractivity contribution is -0.142. The molecule has 1 atom stereocenters. The third-order valence-corrected chi connectivity index (χ3v) is 3.95. The van der Waals surface area contributed by atoms with E-state index in [9.17, 15) is 15.0 Å². The Balaban J connectivity index is 2.57. The minimum Gasteiger partial charge on any atom is -0.494 e. The fourth-order valence-corrected chi connectivity index (χ4v) is 2.89. The molecule has 0 radical (unpaired) electrons. The lowest BCUT2D eigenvalue weighted by atomic mass is 9.92. The summed E-state index contributed by atoms with van der Waals surface area (Å²) in [5, 5.41) is 21.3. The van der Waals surface area contributed by atoms with E-state index in [4.69, 9.17) is 14.2 Å². The van der Waals surface area contributed by atoms with Gasteiger partial charge in [0.1, 0.15) is 6.10 Å². The van der Waals surface area contributed by atoms with Crippen molar-refractivity contribution in [3.63, 3.8) is 0 Å². The van der Waals surface area contributed by atoms with Gasteiger partial charge in [0, 0.05) is 12.1 Å². The van der Waals surface area contributed by atoms with Crippen molar-refractivity contribution >= 4 is 11.7 Å². The lowest BCUT2D eigenvalue weighted by Gasteiger charge is -2.35. The number of aliphatic hydroxyl groups excluding tert-OH is 2. The number of benzene rings is 1. The molecule has 0 aliphatic carbocycles. The van der Waals surface area contributed by atoms with Crippen molar-refractivity contribution < 1.29 is 29.2 Å². The van der Waals surface area contributed by atoms with Gasteiger partial charge in [-0.25, -0.2) is 0 Å². The van der Waals surface area contributed by atoms with Crippen LogP contribution in [0, 0.1) is 0 Å². The maximum absolute atomic E-state index is 11.8. The minimum atomic E-state index is -1.20. The van der Waals surface area contributed by atoms with Gasteiger partial charge in [-0.1, -0.05) is 0 Å². The molecule has 1 aromatic rings. The predicted octanol–water partition coefficient (Wildman–Crippen LogP) is 2.30. The summed E-state index contributed by atoms with van der Waals surface area (Å²) < 4.78 is 15.6. The summed E-state index contributed by atoms with van der Waals surface area (Å²) in [7, 11) is 2.98. The molecular weight excluding hydrogens is 314 g/mol. The van der Waals surface area contributed by atoms with Gasteiger partial charge in [0.05, 0.1) is 38.5 Å². The Morgan fingerprint density at radius 2 is 1.96 bits per heavy atom. The van der Waals surface area contributed by atoms with Gasteiger partial charge in [0.2, 0.25) is 0 Å². The van der Waals surface area contributed by atoms with E-state index in [1.165, 1.54) is 14.2 Å². The van der Waals surface area contributed by atoms with E-state index in [2.05, 4.69) is 0 Å². The Hall–Kier alpha value is -2.41. The topological polar surface area (TPSA) is 88.5 Å². The number of nitrogens with zero attached hydrogens (tertiary/aromatic N) is 1. The summed E-state index contributed by atoms with van der Waals surface area (Å²) in [6.07, 6.45) is -1.41. The molecule has 1 heterocycles. The van der Waals surface area contributed by atoms with Crippen LogP contribution in [-0.2, 0) is 9.53 Å². The average molecular weight is 337 g/mol. The first-order valence-corrected chi connectivity index (χ1v) is 7.78. The molecule has 1 aromatic carbocycles. The van der Waals surface area contributed by atoms with Crippen molar-refractivity contribution in [1.82, 2.24) is 0 Å². The first kappa shape index (κ1) is 17.9.